The molecule has 0 N–H and O–H groups in total. The molecule has 3 unspecified atom stereocenters. The fourth-order valence-corrected chi connectivity index (χ4v) is 4.16. The Hall–Kier alpha value is -0.860. The van der Waals surface area contributed by atoms with E-state index in [0.717, 1.165) is 25.7 Å². The van der Waals surface area contributed by atoms with Crippen LogP contribution in [0.25, 0.3) is 0 Å². The number of hydrogen-bond donors (Lipinski definition) is 0. The summed E-state index contributed by atoms with van der Waals surface area (Å²) < 4.78 is 0. The molecular weight excluding hydrogens is 295 g/mol. The molecule has 0 aromatic heterocycles. The van der Waals surface area contributed by atoms with E-state index in [-0.39, 0.29) is 23.4 Å². The molecule has 1 aromatic carbocycles. The van der Waals surface area contributed by atoms with E-state index in [4.69, 9.17) is 23.2 Å². The summed E-state index contributed by atoms with van der Waals surface area (Å²) in [5, 5.41) is 0.934. The average molecular weight is 311 g/mol. The first-order valence-corrected chi connectivity index (χ1v) is 7.85. The smallest absolute Gasteiger partial charge is 0.151 e. The first-order chi connectivity index (χ1) is 9.58. The van der Waals surface area contributed by atoms with Crippen LogP contribution < -0.4 is 0 Å². The number of hydrogen-bond acceptors (Lipinski definition) is 2. The van der Waals surface area contributed by atoms with Gasteiger partial charge in [-0.15, -0.1) is 0 Å². The Morgan fingerprint density at radius 2 is 1.80 bits per heavy atom. The van der Waals surface area contributed by atoms with Gasteiger partial charge in [0.2, 0.25) is 0 Å². The maximum atomic E-state index is 12.7. The molecule has 3 atom stereocenters. The molecule has 2 fully saturated rings. The number of carbonyl (C=O) groups excluding carboxylic acids is 2. The van der Waals surface area contributed by atoms with Gasteiger partial charge in [0.1, 0.15) is 11.7 Å². The van der Waals surface area contributed by atoms with Crippen LogP contribution in [0.3, 0.4) is 0 Å². The number of carbonyl (C=O) groups is 2. The number of fused-ring (bicyclic) bond motifs is 1. The predicted molar refractivity (Wildman–Crippen MR) is 79.3 cm³/mol. The summed E-state index contributed by atoms with van der Waals surface area (Å²) in [5.74, 6) is -0.305. The summed E-state index contributed by atoms with van der Waals surface area (Å²) in [7, 11) is 0. The van der Waals surface area contributed by atoms with E-state index < -0.39 is 5.92 Å². The van der Waals surface area contributed by atoms with Gasteiger partial charge in [0.15, 0.2) is 5.78 Å². The van der Waals surface area contributed by atoms with Gasteiger partial charge in [-0.2, -0.15) is 0 Å². The van der Waals surface area contributed by atoms with Gasteiger partial charge in [-0.05, 0) is 36.5 Å². The normalized spacial score (nSPS) is 30.2. The lowest BCUT2D eigenvalue weighted by Gasteiger charge is -2.37. The second-order valence-corrected chi connectivity index (χ2v) is 6.67. The molecule has 1 aromatic rings. The largest absolute Gasteiger partial charge is 0.299 e. The second kappa shape index (κ2) is 5.50. The Balaban J connectivity index is 1.96. The van der Waals surface area contributed by atoms with Crippen molar-refractivity contribution in [2.45, 2.75) is 38.0 Å². The molecule has 3 rings (SSSR count). The van der Waals surface area contributed by atoms with Crippen LogP contribution in [0, 0.1) is 11.8 Å². The van der Waals surface area contributed by atoms with Gasteiger partial charge in [-0.25, -0.2) is 0 Å². The van der Waals surface area contributed by atoms with Crippen molar-refractivity contribution in [1.82, 2.24) is 0 Å². The first kappa shape index (κ1) is 14.1. The molecule has 4 heteroatoms. The van der Waals surface area contributed by atoms with E-state index >= 15 is 0 Å². The highest BCUT2D eigenvalue weighted by Crippen LogP contribution is 2.43. The molecule has 0 saturated heterocycles. The Bertz CT molecular complexity index is 568. The third-order valence-corrected chi connectivity index (χ3v) is 5.18. The van der Waals surface area contributed by atoms with Crippen LogP contribution in [0.4, 0.5) is 0 Å². The SMILES string of the molecule is O=C1CC2CCCCC2C(=O)C1c1ccc(Cl)cc1Cl. The molecule has 106 valence electrons. The highest BCUT2D eigenvalue weighted by Gasteiger charge is 2.44. The van der Waals surface area contributed by atoms with Crippen molar-refractivity contribution in [3.05, 3.63) is 33.8 Å². The van der Waals surface area contributed by atoms with Crippen LogP contribution >= 0.6 is 23.2 Å². The fourth-order valence-electron chi connectivity index (χ4n) is 3.64. The lowest BCUT2D eigenvalue weighted by molar-refractivity contribution is -0.139. The van der Waals surface area contributed by atoms with E-state index in [1.165, 1.54) is 0 Å². The van der Waals surface area contributed by atoms with Crippen molar-refractivity contribution < 1.29 is 9.59 Å². The number of benzene rings is 1. The number of halogens is 2. The standard InChI is InChI=1S/C16H16Cl2O2/c17-10-5-6-12(13(18)8-10)15-14(19)7-9-3-1-2-4-11(9)16(15)20/h5-6,8-9,11,15H,1-4,7H2. The van der Waals surface area contributed by atoms with Crippen LogP contribution in [-0.4, -0.2) is 11.6 Å². The van der Waals surface area contributed by atoms with Crippen LogP contribution in [-0.2, 0) is 9.59 Å². The van der Waals surface area contributed by atoms with E-state index in [2.05, 4.69) is 0 Å². The van der Waals surface area contributed by atoms with Crippen LogP contribution in [0.5, 0.6) is 0 Å². The van der Waals surface area contributed by atoms with Crippen molar-refractivity contribution in [2.75, 3.05) is 0 Å². The van der Waals surface area contributed by atoms with E-state index in [9.17, 15) is 9.59 Å². The molecule has 2 aliphatic carbocycles. The first-order valence-electron chi connectivity index (χ1n) is 7.09. The summed E-state index contributed by atoms with van der Waals surface area (Å²) in [6, 6.07) is 5.01. The molecule has 0 amide bonds. The number of ketones is 2. The van der Waals surface area contributed by atoms with E-state index in [1.807, 2.05) is 0 Å². The molecule has 0 bridgehead atoms. The van der Waals surface area contributed by atoms with Crippen molar-refractivity contribution in [2.24, 2.45) is 11.8 Å². The van der Waals surface area contributed by atoms with E-state index in [1.54, 1.807) is 18.2 Å². The highest BCUT2D eigenvalue weighted by atomic mass is 35.5. The zero-order valence-electron chi connectivity index (χ0n) is 11.1. The molecule has 0 aliphatic heterocycles. The summed E-state index contributed by atoms with van der Waals surface area (Å²) in [4.78, 5) is 25.1. The van der Waals surface area contributed by atoms with Crippen molar-refractivity contribution in [3.8, 4) is 0 Å². The van der Waals surface area contributed by atoms with Gasteiger partial charge in [-0.3, -0.25) is 9.59 Å². The summed E-state index contributed by atoms with van der Waals surface area (Å²) in [6.45, 7) is 0. The summed E-state index contributed by atoms with van der Waals surface area (Å²) in [6.07, 6.45) is 4.65. The summed E-state index contributed by atoms with van der Waals surface area (Å²) in [5.41, 5.74) is 0.620. The van der Waals surface area contributed by atoms with Crippen LogP contribution in [0.2, 0.25) is 10.0 Å². The van der Waals surface area contributed by atoms with Crippen LogP contribution in [0.1, 0.15) is 43.6 Å². The second-order valence-electron chi connectivity index (χ2n) is 5.82. The monoisotopic (exact) mass is 310 g/mol. The Kier molecular flexibility index (Phi) is 3.87. The lowest BCUT2D eigenvalue weighted by Crippen LogP contribution is -2.41. The van der Waals surface area contributed by atoms with Gasteiger partial charge in [0, 0.05) is 22.4 Å². The third kappa shape index (κ3) is 2.40. The zero-order chi connectivity index (χ0) is 14.3. The molecule has 0 radical (unpaired) electrons. The molecule has 20 heavy (non-hydrogen) atoms. The Morgan fingerprint density at radius 3 is 2.55 bits per heavy atom. The highest BCUT2D eigenvalue weighted by molar-refractivity contribution is 6.35. The molecule has 2 aliphatic rings. The minimum Gasteiger partial charge on any atom is -0.299 e. The van der Waals surface area contributed by atoms with Gasteiger partial charge in [0.25, 0.3) is 0 Å². The summed E-state index contributed by atoms with van der Waals surface area (Å²) >= 11 is 12.1. The van der Waals surface area contributed by atoms with Gasteiger partial charge >= 0.3 is 0 Å². The Morgan fingerprint density at radius 1 is 1.05 bits per heavy atom. The molecule has 2 saturated carbocycles. The van der Waals surface area contributed by atoms with Gasteiger partial charge in [-0.1, -0.05) is 42.1 Å². The number of Topliss-reactive ketones (excluding diaryl/α,β-unsaturated/α-hetero) is 2. The minimum atomic E-state index is -0.681. The molecule has 0 heterocycles. The zero-order valence-corrected chi connectivity index (χ0v) is 12.6. The van der Waals surface area contributed by atoms with Crippen molar-refractivity contribution >= 4 is 34.8 Å². The minimum absolute atomic E-state index is 0.0161. The average Bonchev–Trinajstić information content (AvgIpc) is 2.41. The fraction of sp³-hybridized carbons (Fsp3) is 0.500. The van der Waals surface area contributed by atoms with Crippen LogP contribution in [0.15, 0.2) is 18.2 Å². The topological polar surface area (TPSA) is 34.1 Å². The maximum absolute atomic E-state index is 12.7. The molecule has 0 spiro atoms. The third-order valence-electron chi connectivity index (χ3n) is 4.62. The van der Waals surface area contributed by atoms with Gasteiger partial charge in [0.05, 0.1) is 0 Å². The molecule has 2 nitrogen and oxygen atoms in total. The predicted octanol–water partition coefficient (Wildman–Crippen LogP) is 4.43. The maximum Gasteiger partial charge on any atom is 0.151 e. The van der Waals surface area contributed by atoms with E-state index in [0.29, 0.717) is 22.0 Å². The Labute approximate surface area is 128 Å². The van der Waals surface area contributed by atoms with Crippen molar-refractivity contribution in [1.29, 1.82) is 0 Å². The molecular formula is C16H16Cl2O2. The quantitative estimate of drug-likeness (QED) is 0.719. The van der Waals surface area contributed by atoms with Crippen molar-refractivity contribution in [3.63, 3.8) is 0 Å². The number of rotatable bonds is 1. The van der Waals surface area contributed by atoms with Gasteiger partial charge < -0.3 is 0 Å². The lowest BCUT2D eigenvalue weighted by atomic mass is 9.65.